The number of nitrogens with one attached hydrogen (secondary N) is 1. The Bertz CT molecular complexity index is 352. The molecule has 0 aliphatic heterocycles. The summed E-state index contributed by atoms with van der Waals surface area (Å²) in [5.74, 6) is 0.559. The van der Waals surface area contributed by atoms with E-state index in [0.717, 1.165) is 18.7 Å². The predicted octanol–water partition coefficient (Wildman–Crippen LogP) is 1.25. The average molecular weight is 256 g/mol. The first-order chi connectivity index (χ1) is 8.76. The van der Waals surface area contributed by atoms with Crippen LogP contribution in [0.2, 0.25) is 0 Å². The van der Waals surface area contributed by atoms with Gasteiger partial charge in [0.25, 0.3) is 0 Å². The zero-order valence-corrected chi connectivity index (χ0v) is 10.9. The number of esters is 1. The van der Waals surface area contributed by atoms with Crippen molar-refractivity contribution in [1.82, 2.24) is 10.5 Å². The van der Waals surface area contributed by atoms with Gasteiger partial charge in [0.2, 0.25) is 0 Å². The highest BCUT2D eigenvalue weighted by Crippen LogP contribution is 2.04. The quantitative estimate of drug-likeness (QED) is 0.529. The van der Waals surface area contributed by atoms with Crippen LogP contribution in [0.1, 0.15) is 31.2 Å². The van der Waals surface area contributed by atoms with Crippen LogP contribution in [0.3, 0.4) is 0 Å². The number of nitrogens with zero attached hydrogens (tertiary/aromatic N) is 1. The predicted molar refractivity (Wildman–Crippen MR) is 64.8 cm³/mol. The normalized spacial score (nSPS) is 10.6. The van der Waals surface area contributed by atoms with Gasteiger partial charge in [-0.1, -0.05) is 5.16 Å². The van der Waals surface area contributed by atoms with Gasteiger partial charge in [-0.15, -0.1) is 0 Å². The minimum atomic E-state index is -0.150. The molecule has 0 saturated carbocycles. The summed E-state index contributed by atoms with van der Waals surface area (Å²) in [5.41, 5.74) is 0.832. The van der Waals surface area contributed by atoms with Crippen molar-refractivity contribution in [3.8, 4) is 0 Å². The van der Waals surface area contributed by atoms with Crippen molar-refractivity contribution < 1.29 is 18.8 Å². The number of methoxy groups -OCH3 is 1. The van der Waals surface area contributed by atoms with E-state index >= 15 is 0 Å². The van der Waals surface area contributed by atoms with Crippen molar-refractivity contribution in [2.24, 2.45) is 0 Å². The summed E-state index contributed by atoms with van der Waals surface area (Å²) in [6.07, 6.45) is 1.19. The van der Waals surface area contributed by atoms with Crippen LogP contribution >= 0.6 is 0 Å². The van der Waals surface area contributed by atoms with Gasteiger partial charge in [-0.3, -0.25) is 4.79 Å². The third kappa shape index (κ3) is 5.79. The Labute approximate surface area is 107 Å². The SMILES string of the molecule is CCOC(=O)CCCNCc1cc(COC)on1. The second kappa shape index (κ2) is 8.66. The Hall–Kier alpha value is -1.40. The highest BCUT2D eigenvalue weighted by Gasteiger charge is 2.04. The molecule has 0 atom stereocenters. The van der Waals surface area contributed by atoms with Gasteiger partial charge in [-0.2, -0.15) is 0 Å². The van der Waals surface area contributed by atoms with Crippen molar-refractivity contribution in [2.75, 3.05) is 20.3 Å². The molecular weight excluding hydrogens is 236 g/mol. The Morgan fingerprint density at radius 1 is 1.56 bits per heavy atom. The third-order valence-corrected chi connectivity index (χ3v) is 2.24. The number of hydrogen-bond donors (Lipinski definition) is 1. The lowest BCUT2D eigenvalue weighted by Gasteiger charge is -2.02. The standard InChI is InChI=1S/C12H20N2O4/c1-3-17-12(15)5-4-6-13-8-10-7-11(9-16-2)18-14-10/h7,13H,3-6,8-9H2,1-2H3. The molecular formula is C12H20N2O4. The first kappa shape index (κ1) is 14.7. The van der Waals surface area contributed by atoms with Crippen LogP contribution in [0.4, 0.5) is 0 Å². The summed E-state index contributed by atoms with van der Waals surface area (Å²) in [7, 11) is 1.61. The minimum Gasteiger partial charge on any atom is -0.466 e. The first-order valence-electron chi connectivity index (χ1n) is 6.06. The molecule has 0 radical (unpaired) electrons. The fourth-order valence-corrected chi connectivity index (χ4v) is 1.46. The highest BCUT2D eigenvalue weighted by molar-refractivity contribution is 5.69. The molecule has 1 heterocycles. The van der Waals surface area contributed by atoms with E-state index in [1.165, 1.54) is 0 Å². The second-order valence-corrected chi connectivity index (χ2v) is 3.80. The van der Waals surface area contributed by atoms with E-state index in [4.69, 9.17) is 14.0 Å². The first-order valence-corrected chi connectivity index (χ1v) is 6.06. The minimum absolute atomic E-state index is 0.150. The highest BCUT2D eigenvalue weighted by atomic mass is 16.5. The lowest BCUT2D eigenvalue weighted by Crippen LogP contribution is -2.16. The number of ether oxygens (including phenoxy) is 2. The van der Waals surface area contributed by atoms with Crippen molar-refractivity contribution in [1.29, 1.82) is 0 Å². The van der Waals surface area contributed by atoms with Crippen molar-refractivity contribution in [3.05, 3.63) is 17.5 Å². The van der Waals surface area contributed by atoms with E-state index in [0.29, 0.717) is 31.9 Å². The van der Waals surface area contributed by atoms with Gasteiger partial charge in [0.1, 0.15) is 6.61 Å². The Morgan fingerprint density at radius 3 is 3.11 bits per heavy atom. The van der Waals surface area contributed by atoms with Crippen LogP contribution in [-0.4, -0.2) is 31.4 Å². The van der Waals surface area contributed by atoms with Crippen LogP contribution in [-0.2, 0) is 27.4 Å². The number of rotatable bonds is 9. The molecule has 18 heavy (non-hydrogen) atoms. The van der Waals surface area contributed by atoms with Crippen LogP contribution < -0.4 is 5.32 Å². The fraction of sp³-hybridized carbons (Fsp3) is 0.667. The summed E-state index contributed by atoms with van der Waals surface area (Å²) in [4.78, 5) is 11.1. The van der Waals surface area contributed by atoms with Gasteiger partial charge < -0.3 is 19.3 Å². The second-order valence-electron chi connectivity index (χ2n) is 3.80. The zero-order valence-electron chi connectivity index (χ0n) is 10.9. The number of carbonyl (C=O) groups excluding carboxylic acids is 1. The molecule has 1 aromatic rings. The summed E-state index contributed by atoms with van der Waals surface area (Å²) in [6.45, 7) is 4.03. The van der Waals surface area contributed by atoms with Gasteiger partial charge in [0, 0.05) is 26.1 Å². The van der Waals surface area contributed by atoms with Gasteiger partial charge in [0.15, 0.2) is 5.76 Å². The maximum Gasteiger partial charge on any atom is 0.305 e. The fourth-order valence-electron chi connectivity index (χ4n) is 1.46. The van der Waals surface area contributed by atoms with Gasteiger partial charge in [0.05, 0.1) is 12.3 Å². The Kier molecular flexibility index (Phi) is 7.05. The number of carbonyl (C=O) groups is 1. The van der Waals surface area contributed by atoms with Crippen LogP contribution in [0, 0.1) is 0 Å². The zero-order chi connectivity index (χ0) is 13.2. The molecule has 0 fully saturated rings. The molecule has 0 spiro atoms. The molecule has 6 heteroatoms. The number of aromatic nitrogens is 1. The van der Waals surface area contributed by atoms with Gasteiger partial charge in [-0.05, 0) is 19.9 Å². The Morgan fingerprint density at radius 2 is 2.39 bits per heavy atom. The van der Waals surface area contributed by atoms with Crippen LogP contribution in [0.5, 0.6) is 0 Å². The maximum absolute atomic E-state index is 11.1. The molecule has 1 N–H and O–H groups in total. The molecule has 102 valence electrons. The van der Waals surface area contributed by atoms with E-state index in [9.17, 15) is 4.79 Å². The lowest BCUT2D eigenvalue weighted by atomic mass is 10.3. The van der Waals surface area contributed by atoms with E-state index in [1.807, 2.05) is 6.07 Å². The molecule has 6 nitrogen and oxygen atoms in total. The largest absolute Gasteiger partial charge is 0.466 e. The molecule has 0 aliphatic carbocycles. The van der Waals surface area contributed by atoms with Crippen LogP contribution in [0.25, 0.3) is 0 Å². The summed E-state index contributed by atoms with van der Waals surface area (Å²) < 4.78 is 14.8. The number of hydrogen-bond acceptors (Lipinski definition) is 6. The molecule has 0 aromatic carbocycles. The molecule has 1 aromatic heterocycles. The average Bonchev–Trinajstić information content (AvgIpc) is 2.77. The third-order valence-electron chi connectivity index (χ3n) is 2.24. The van der Waals surface area contributed by atoms with Gasteiger partial charge in [-0.25, -0.2) is 0 Å². The summed E-state index contributed by atoms with van der Waals surface area (Å²) in [5, 5.41) is 7.07. The van der Waals surface area contributed by atoms with E-state index < -0.39 is 0 Å². The topological polar surface area (TPSA) is 73.6 Å². The molecule has 0 bridgehead atoms. The molecule has 1 rings (SSSR count). The molecule has 0 unspecified atom stereocenters. The maximum atomic E-state index is 11.1. The van der Waals surface area contributed by atoms with Crippen molar-refractivity contribution in [3.63, 3.8) is 0 Å². The van der Waals surface area contributed by atoms with E-state index in [-0.39, 0.29) is 5.97 Å². The van der Waals surface area contributed by atoms with Crippen molar-refractivity contribution in [2.45, 2.75) is 32.9 Å². The van der Waals surface area contributed by atoms with Crippen molar-refractivity contribution >= 4 is 5.97 Å². The molecule has 0 saturated heterocycles. The van der Waals surface area contributed by atoms with E-state index in [2.05, 4.69) is 10.5 Å². The van der Waals surface area contributed by atoms with Crippen LogP contribution in [0.15, 0.2) is 10.6 Å². The monoisotopic (exact) mass is 256 g/mol. The van der Waals surface area contributed by atoms with Gasteiger partial charge >= 0.3 is 5.97 Å². The summed E-state index contributed by atoms with van der Waals surface area (Å²) in [6, 6.07) is 1.85. The van der Waals surface area contributed by atoms with E-state index in [1.54, 1.807) is 14.0 Å². The summed E-state index contributed by atoms with van der Waals surface area (Å²) >= 11 is 0. The smallest absolute Gasteiger partial charge is 0.305 e. The lowest BCUT2D eigenvalue weighted by molar-refractivity contribution is -0.143. The molecule has 0 aliphatic rings. The Balaban J connectivity index is 2.08. The molecule has 0 amide bonds.